The zero-order valence-corrected chi connectivity index (χ0v) is 14.0. The Morgan fingerprint density at radius 3 is 2.50 bits per heavy atom. The van der Waals surface area contributed by atoms with Crippen molar-refractivity contribution in [1.82, 2.24) is 15.1 Å². The SMILES string of the molecule is CCCNCc1ccc(CN2CCN(C(C)C)CC2)s1. The van der Waals surface area contributed by atoms with Crippen LogP contribution in [0.25, 0.3) is 0 Å². The molecule has 20 heavy (non-hydrogen) atoms. The number of nitrogens with one attached hydrogen (secondary N) is 1. The van der Waals surface area contributed by atoms with Gasteiger partial charge >= 0.3 is 0 Å². The second kappa shape index (κ2) is 8.13. The molecule has 0 unspecified atom stereocenters. The number of hydrogen-bond acceptors (Lipinski definition) is 4. The number of nitrogens with zero attached hydrogens (tertiary/aromatic N) is 2. The molecule has 1 N–H and O–H groups in total. The average molecular weight is 295 g/mol. The van der Waals surface area contributed by atoms with Crippen LogP contribution in [0.3, 0.4) is 0 Å². The van der Waals surface area contributed by atoms with Crippen LogP contribution in [0.1, 0.15) is 36.9 Å². The first-order valence-corrected chi connectivity index (χ1v) is 8.75. The van der Waals surface area contributed by atoms with E-state index in [-0.39, 0.29) is 0 Å². The fourth-order valence-corrected chi connectivity index (χ4v) is 3.68. The van der Waals surface area contributed by atoms with Crippen LogP contribution in [-0.4, -0.2) is 48.6 Å². The van der Waals surface area contributed by atoms with Crippen molar-refractivity contribution in [3.8, 4) is 0 Å². The van der Waals surface area contributed by atoms with Crippen LogP contribution in [0.4, 0.5) is 0 Å². The van der Waals surface area contributed by atoms with Crippen molar-refractivity contribution >= 4 is 11.3 Å². The Kier molecular flexibility index (Phi) is 6.49. The number of rotatable bonds is 7. The first-order valence-electron chi connectivity index (χ1n) is 7.93. The van der Waals surface area contributed by atoms with Crippen molar-refractivity contribution in [2.75, 3.05) is 32.7 Å². The minimum Gasteiger partial charge on any atom is -0.312 e. The lowest BCUT2D eigenvalue weighted by Gasteiger charge is -2.36. The van der Waals surface area contributed by atoms with Gasteiger partial charge in [-0.15, -0.1) is 11.3 Å². The average Bonchev–Trinajstić information content (AvgIpc) is 2.87. The Bertz CT molecular complexity index is 381. The lowest BCUT2D eigenvalue weighted by Crippen LogP contribution is -2.48. The van der Waals surface area contributed by atoms with Gasteiger partial charge in [-0.3, -0.25) is 9.80 Å². The fourth-order valence-electron chi connectivity index (χ4n) is 2.65. The van der Waals surface area contributed by atoms with E-state index in [2.05, 4.69) is 48.0 Å². The lowest BCUT2D eigenvalue weighted by atomic mass is 10.2. The molecular formula is C16H29N3S. The molecule has 0 atom stereocenters. The van der Waals surface area contributed by atoms with Gasteiger partial charge in [0.05, 0.1) is 0 Å². The van der Waals surface area contributed by atoms with Crippen molar-refractivity contribution in [3.63, 3.8) is 0 Å². The molecule has 0 amide bonds. The number of thiophene rings is 1. The van der Waals surface area contributed by atoms with Crippen LogP contribution in [0, 0.1) is 0 Å². The Balaban J connectivity index is 1.74. The van der Waals surface area contributed by atoms with E-state index >= 15 is 0 Å². The van der Waals surface area contributed by atoms with E-state index in [9.17, 15) is 0 Å². The van der Waals surface area contributed by atoms with Gasteiger partial charge in [-0.2, -0.15) is 0 Å². The van der Waals surface area contributed by atoms with Crippen molar-refractivity contribution in [3.05, 3.63) is 21.9 Å². The summed E-state index contributed by atoms with van der Waals surface area (Å²) in [4.78, 5) is 8.14. The van der Waals surface area contributed by atoms with E-state index in [0.717, 1.165) is 19.6 Å². The smallest absolute Gasteiger partial charge is 0.0329 e. The molecule has 1 fully saturated rings. The number of piperazine rings is 1. The lowest BCUT2D eigenvalue weighted by molar-refractivity contribution is 0.105. The molecule has 0 spiro atoms. The van der Waals surface area contributed by atoms with Gasteiger partial charge < -0.3 is 5.32 Å². The summed E-state index contributed by atoms with van der Waals surface area (Å²) in [6.45, 7) is 14.9. The summed E-state index contributed by atoms with van der Waals surface area (Å²) >= 11 is 1.97. The van der Waals surface area contributed by atoms with Gasteiger partial charge in [0, 0.05) is 55.1 Å². The largest absolute Gasteiger partial charge is 0.312 e. The van der Waals surface area contributed by atoms with Crippen LogP contribution in [0.5, 0.6) is 0 Å². The van der Waals surface area contributed by atoms with Crippen molar-refractivity contribution in [2.45, 2.75) is 46.3 Å². The zero-order valence-electron chi connectivity index (χ0n) is 13.2. The zero-order chi connectivity index (χ0) is 14.4. The monoisotopic (exact) mass is 295 g/mol. The molecule has 3 nitrogen and oxygen atoms in total. The molecule has 1 aliphatic rings. The molecule has 1 aliphatic heterocycles. The summed E-state index contributed by atoms with van der Waals surface area (Å²) in [5.74, 6) is 0. The Morgan fingerprint density at radius 1 is 1.15 bits per heavy atom. The van der Waals surface area contributed by atoms with E-state index in [4.69, 9.17) is 0 Å². The van der Waals surface area contributed by atoms with Crippen LogP contribution in [0.2, 0.25) is 0 Å². The molecule has 0 bridgehead atoms. The second-order valence-corrected chi connectivity index (χ2v) is 7.20. The van der Waals surface area contributed by atoms with Gasteiger partial charge in [-0.25, -0.2) is 0 Å². The van der Waals surface area contributed by atoms with Crippen LogP contribution in [0.15, 0.2) is 12.1 Å². The van der Waals surface area contributed by atoms with Crippen molar-refractivity contribution in [1.29, 1.82) is 0 Å². The maximum absolute atomic E-state index is 3.48. The highest BCUT2D eigenvalue weighted by molar-refractivity contribution is 7.11. The van der Waals surface area contributed by atoms with Gasteiger partial charge in [0.1, 0.15) is 0 Å². The van der Waals surface area contributed by atoms with E-state index in [1.54, 1.807) is 0 Å². The summed E-state index contributed by atoms with van der Waals surface area (Å²) in [7, 11) is 0. The summed E-state index contributed by atoms with van der Waals surface area (Å²) in [5.41, 5.74) is 0. The predicted molar refractivity (Wildman–Crippen MR) is 88.3 cm³/mol. The van der Waals surface area contributed by atoms with Crippen molar-refractivity contribution < 1.29 is 0 Å². The standard InChI is InChI=1S/C16H29N3S/c1-4-7-17-12-15-5-6-16(20-15)13-18-8-10-19(11-9-18)14(2)3/h5-6,14,17H,4,7-13H2,1-3H3. The fraction of sp³-hybridized carbons (Fsp3) is 0.750. The highest BCUT2D eigenvalue weighted by Crippen LogP contribution is 2.19. The maximum atomic E-state index is 3.48. The third kappa shape index (κ3) is 4.85. The third-order valence-corrected chi connectivity index (χ3v) is 5.03. The van der Waals surface area contributed by atoms with Crippen molar-refractivity contribution in [2.24, 2.45) is 0 Å². The molecule has 4 heteroatoms. The first-order chi connectivity index (χ1) is 9.69. The molecule has 0 radical (unpaired) electrons. The van der Waals surface area contributed by atoms with Gasteiger partial charge in [0.2, 0.25) is 0 Å². The third-order valence-electron chi connectivity index (χ3n) is 3.96. The molecule has 2 rings (SSSR count). The highest BCUT2D eigenvalue weighted by atomic mass is 32.1. The molecular weight excluding hydrogens is 266 g/mol. The predicted octanol–water partition coefficient (Wildman–Crippen LogP) is 2.77. The molecule has 1 saturated heterocycles. The van der Waals surface area contributed by atoms with E-state index in [1.165, 1.54) is 42.4 Å². The normalized spacial score (nSPS) is 18.0. The molecule has 1 aromatic rings. The molecule has 0 aromatic carbocycles. The minimum atomic E-state index is 0.690. The van der Waals surface area contributed by atoms with E-state index < -0.39 is 0 Å². The molecule has 2 heterocycles. The summed E-state index contributed by atoms with van der Waals surface area (Å²) in [6, 6.07) is 5.28. The Labute approximate surface area is 128 Å². The van der Waals surface area contributed by atoms with E-state index in [0.29, 0.717) is 6.04 Å². The highest BCUT2D eigenvalue weighted by Gasteiger charge is 2.19. The topological polar surface area (TPSA) is 18.5 Å². The molecule has 1 aromatic heterocycles. The van der Waals surface area contributed by atoms with Gasteiger partial charge in [-0.1, -0.05) is 6.92 Å². The Morgan fingerprint density at radius 2 is 1.85 bits per heavy atom. The van der Waals surface area contributed by atoms with Crippen LogP contribution in [-0.2, 0) is 13.1 Å². The number of hydrogen-bond donors (Lipinski definition) is 1. The molecule has 114 valence electrons. The second-order valence-electron chi connectivity index (χ2n) is 5.95. The van der Waals surface area contributed by atoms with Crippen LogP contribution >= 0.6 is 11.3 Å². The van der Waals surface area contributed by atoms with Gasteiger partial charge in [0.15, 0.2) is 0 Å². The maximum Gasteiger partial charge on any atom is 0.0329 e. The molecule has 0 aliphatic carbocycles. The summed E-state index contributed by atoms with van der Waals surface area (Å²) < 4.78 is 0. The first kappa shape index (κ1) is 16.0. The van der Waals surface area contributed by atoms with Crippen LogP contribution < -0.4 is 5.32 Å². The quantitative estimate of drug-likeness (QED) is 0.780. The van der Waals surface area contributed by atoms with Gasteiger partial charge in [-0.05, 0) is 38.9 Å². The van der Waals surface area contributed by atoms with E-state index in [1.807, 2.05) is 11.3 Å². The Hall–Kier alpha value is -0.420. The van der Waals surface area contributed by atoms with Gasteiger partial charge in [0.25, 0.3) is 0 Å². The summed E-state index contributed by atoms with van der Waals surface area (Å²) in [5, 5.41) is 3.48. The molecule has 0 saturated carbocycles. The summed E-state index contributed by atoms with van der Waals surface area (Å²) in [6.07, 6.45) is 1.21. The minimum absolute atomic E-state index is 0.690.